The van der Waals surface area contributed by atoms with E-state index in [2.05, 4.69) is 90.6 Å². The summed E-state index contributed by atoms with van der Waals surface area (Å²) in [5.74, 6) is 3.14. The standard InChI is InChI=1S/C44H70N2O2/c1-30(2)34-21-25-44(45-28-29-46(11)12)27-26-43(10)37(38(34)44)14-13-23-42(43,9)24-22-35-31(3)15-20-36(41(35,7)8)32-16-18-33(19-17-32)39(47)48-40(4,5)6/h16-20,31,34-35,37-38,45H,1,13-15,21-29H2,2-12H3. The summed E-state index contributed by atoms with van der Waals surface area (Å²) in [5, 5.41) is 4.22. The van der Waals surface area contributed by atoms with E-state index in [0.29, 0.717) is 40.1 Å². The molecule has 3 fully saturated rings. The Hall–Kier alpha value is -1.91. The fourth-order valence-electron chi connectivity index (χ4n) is 11.6. The normalized spacial score (nSPS) is 36.2. The molecule has 5 rings (SSSR count). The minimum atomic E-state index is -0.494. The number of benzene rings is 1. The van der Waals surface area contributed by atoms with Gasteiger partial charge in [-0.25, -0.2) is 4.79 Å². The molecule has 1 N–H and O–H groups in total. The Bertz CT molecular complexity index is 1350. The minimum absolute atomic E-state index is 0.0605. The molecule has 0 bridgehead atoms. The number of hydrogen-bond donors (Lipinski definition) is 1. The minimum Gasteiger partial charge on any atom is -0.456 e. The first-order valence-corrected chi connectivity index (χ1v) is 19.4. The number of carbonyl (C=O) groups is 1. The number of nitrogens with zero attached hydrogens (tertiary/aromatic N) is 1. The van der Waals surface area contributed by atoms with Crippen LogP contribution < -0.4 is 5.32 Å². The lowest BCUT2D eigenvalue weighted by Gasteiger charge is -2.64. The smallest absolute Gasteiger partial charge is 0.338 e. The number of ether oxygens (including phenoxy) is 1. The zero-order valence-corrected chi connectivity index (χ0v) is 32.7. The van der Waals surface area contributed by atoms with Gasteiger partial charge in [0.2, 0.25) is 0 Å². The van der Waals surface area contributed by atoms with E-state index in [0.717, 1.165) is 25.4 Å². The highest BCUT2D eigenvalue weighted by molar-refractivity contribution is 5.90. The third-order valence-corrected chi connectivity index (χ3v) is 14.4. The average molecular weight is 659 g/mol. The highest BCUT2D eigenvalue weighted by atomic mass is 16.6. The van der Waals surface area contributed by atoms with Crippen LogP contribution in [0.5, 0.6) is 0 Å². The maximum Gasteiger partial charge on any atom is 0.338 e. The summed E-state index contributed by atoms with van der Waals surface area (Å²) in [4.78, 5) is 15.0. The van der Waals surface area contributed by atoms with Crippen molar-refractivity contribution in [2.75, 3.05) is 27.2 Å². The Balaban J connectivity index is 1.35. The van der Waals surface area contributed by atoms with Gasteiger partial charge in [0.25, 0.3) is 0 Å². The number of hydrogen-bond acceptors (Lipinski definition) is 4. The van der Waals surface area contributed by atoms with Crippen molar-refractivity contribution in [3.63, 3.8) is 0 Å². The number of carbonyl (C=O) groups excluding carboxylic acids is 1. The second kappa shape index (κ2) is 13.7. The lowest BCUT2D eigenvalue weighted by molar-refractivity contribution is -0.130. The Kier molecular flexibility index (Phi) is 10.6. The van der Waals surface area contributed by atoms with E-state index < -0.39 is 5.60 Å². The van der Waals surface area contributed by atoms with Crippen LogP contribution in [0, 0.1) is 45.8 Å². The zero-order chi connectivity index (χ0) is 35.3. The molecule has 0 spiro atoms. The number of rotatable bonds is 10. The molecule has 3 saturated carbocycles. The summed E-state index contributed by atoms with van der Waals surface area (Å²) in [7, 11) is 4.39. The maximum absolute atomic E-state index is 12.7. The third-order valence-electron chi connectivity index (χ3n) is 14.4. The molecule has 48 heavy (non-hydrogen) atoms. The average Bonchev–Trinajstić information content (AvgIpc) is 3.37. The van der Waals surface area contributed by atoms with Crippen LogP contribution >= 0.6 is 0 Å². The lowest BCUT2D eigenvalue weighted by Crippen LogP contribution is -2.63. The molecule has 0 aliphatic heterocycles. The summed E-state index contributed by atoms with van der Waals surface area (Å²) in [6, 6.07) is 8.21. The molecule has 0 amide bonds. The van der Waals surface area contributed by atoms with Gasteiger partial charge in [-0.1, -0.05) is 71.4 Å². The molecule has 4 heteroatoms. The highest BCUT2D eigenvalue weighted by Crippen LogP contribution is 2.69. The predicted molar refractivity (Wildman–Crippen MR) is 203 cm³/mol. The summed E-state index contributed by atoms with van der Waals surface area (Å²) < 4.78 is 5.63. The van der Waals surface area contributed by atoms with E-state index in [9.17, 15) is 4.79 Å². The van der Waals surface area contributed by atoms with E-state index >= 15 is 0 Å². The first kappa shape index (κ1) is 37.3. The van der Waals surface area contributed by atoms with Crippen molar-refractivity contribution in [1.82, 2.24) is 10.2 Å². The SMILES string of the molecule is C=C(C)C1CCC2(NCCN(C)C)CCC3(C)C(CCCC3(C)CCC3C(C)CC=C(c4ccc(C(=O)OC(C)(C)C)cc4)C3(C)C)C12. The van der Waals surface area contributed by atoms with Crippen LogP contribution in [0.1, 0.15) is 142 Å². The molecule has 4 aliphatic carbocycles. The molecule has 0 radical (unpaired) electrons. The molecule has 0 heterocycles. The van der Waals surface area contributed by atoms with Gasteiger partial charge in [0.1, 0.15) is 5.60 Å². The first-order valence-electron chi connectivity index (χ1n) is 19.4. The maximum atomic E-state index is 12.7. The Morgan fingerprint density at radius 3 is 2.33 bits per heavy atom. The molecule has 1 aromatic carbocycles. The second-order valence-electron chi connectivity index (χ2n) is 19.2. The molecule has 4 aliphatic rings. The van der Waals surface area contributed by atoms with Gasteiger partial charge in [0, 0.05) is 18.6 Å². The molecule has 8 atom stereocenters. The van der Waals surface area contributed by atoms with E-state index in [-0.39, 0.29) is 16.9 Å². The number of nitrogens with one attached hydrogen (secondary N) is 1. The largest absolute Gasteiger partial charge is 0.456 e. The summed E-state index contributed by atoms with van der Waals surface area (Å²) >= 11 is 0. The van der Waals surface area contributed by atoms with Crippen LogP contribution in [0.25, 0.3) is 5.57 Å². The predicted octanol–water partition coefficient (Wildman–Crippen LogP) is 10.6. The van der Waals surface area contributed by atoms with Gasteiger partial charge >= 0.3 is 5.97 Å². The van der Waals surface area contributed by atoms with Gasteiger partial charge in [-0.3, -0.25) is 0 Å². The first-order chi connectivity index (χ1) is 22.3. The van der Waals surface area contributed by atoms with Crippen molar-refractivity contribution in [2.24, 2.45) is 45.8 Å². The molecule has 1 aromatic rings. The monoisotopic (exact) mass is 659 g/mol. The Morgan fingerprint density at radius 2 is 1.71 bits per heavy atom. The van der Waals surface area contributed by atoms with Crippen LogP contribution in [0.15, 0.2) is 42.5 Å². The van der Waals surface area contributed by atoms with Crippen LogP contribution in [-0.2, 0) is 4.74 Å². The molecule has 0 aromatic heterocycles. The molecule has 0 saturated heterocycles. The van der Waals surface area contributed by atoms with Gasteiger partial charge in [0.05, 0.1) is 5.56 Å². The van der Waals surface area contributed by atoms with Gasteiger partial charge in [-0.15, -0.1) is 0 Å². The van der Waals surface area contributed by atoms with Crippen LogP contribution in [0.4, 0.5) is 0 Å². The number of allylic oxidation sites excluding steroid dienone is 3. The summed E-state index contributed by atoms with van der Waals surface area (Å²) in [6.07, 6.45) is 15.6. The zero-order valence-electron chi connectivity index (χ0n) is 32.7. The van der Waals surface area contributed by atoms with Crippen LogP contribution in [-0.4, -0.2) is 49.2 Å². The van der Waals surface area contributed by atoms with Gasteiger partial charge in [-0.05, 0) is 169 Å². The molecule has 8 unspecified atom stereocenters. The van der Waals surface area contributed by atoms with Gasteiger partial charge < -0.3 is 15.0 Å². The van der Waals surface area contributed by atoms with Crippen LogP contribution in [0.3, 0.4) is 0 Å². The van der Waals surface area contributed by atoms with Gasteiger partial charge in [0.15, 0.2) is 0 Å². The Labute approximate surface area is 294 Å². The fourth-order valence-corrected chi connectivity index (χ4v) is 11.6. The van der Waals surface area contributed by atoms with E-state index in [1.54, 1.807) is 0 Å². The fraction of sp³-hybridized carbons (Fsp3) is 0.750. The van der Waals surface area contributed by atoms with Crippen molar-refractivity contribution < 1.29 is 9.53 Å². The molecule has 268 valence electrons. The second-order valence-corrected chi connectivity index (χ2v) is 19.2. The number of esters is 1. The van der Waals surface area contributed by atoms with Crippen LogP contribution in [0.2, 0.25) is 0 Å². The van der Waals surface area contributed by atoms with Crippen molar-refractivity contribution >= 4 is 11.5 Å². The van der Waals surface area contributed by atoms with Crippen molar-refractivity contribution in [3.05, 3.63) is 53.6 Å². The number of fused-ring (bicyclic) bond motifs is 3. The Morgan fingerprint density at radius 1 is 1.02 bits per heavy atom. The quantitative estimate of drug-likeness (QED) is 0.201. The molecule has 4 nitrogen and oxygen atoms in total. The highest BCUT2D eigenvalue weighted by Gasteiger charge is 2.64. The summed E-state index contributed by atoms with van der Waals surface area (Å²) in [6.45, 7) is 27.7. The van der Waals surface area contributed by atoms with Crippen molar-refractivity contribution in [1.29, 1.82) is 0 Å². The molecular weight excluding hydrogens is 588 g/mol. The van der Waals surface area contributed by atoms with Crippen molar-refractivity contribution in [3.8, 4) is 0 Å². The number of likely N-dealkylation sites (N-methyl/N-ethyl adjacent to an activating group) is 1. The third kappa shape index (κ3) is 7.01. The summed E-state index contributed by atoms with van der Waals surface area (Å²) in [5.41, 5.74) is 5.29. The van der Waals surface area contributed by atoms with E-state index in [1.165, 1.54) is 74.5 Å². The van der Waals surface area contributed by atoms with Gasteiger partial charge in [-0.2, -0.15) is 0 Å². The van der Waals surface area contributed by atoms with E-state index in [1.807, 2.05) is 32.9 Å². The topological polar surface area (TPSA) is 41.6 Å². The van der Waals surface area contributed by atoms with Crippen molar-refractivity contribution in [2.45, 2.75) is 138 Å². The lowest BCUT2D eigenvalue weighted by atomic mass is 9.42. The molecular formula is C44H70N2O2. The van der Waals surface area contributed by atoms with E-state index in [4.69, 9.17) is 4.74 Å².